The summed E-state index contributed by atoms with van der Waals surface area (Å²) in [5.41, 5.74) is 10.4. The van der Waals surface area contributed by atoms with Crippen LogP contribution in [0.1, 0.15) is 62.0 Å². The van der Waals surface area contributed by atoms with E-state index in [4.69, 9.17) is 6.42 Å². The van der Waals surface area contributed by atoms with E-state index in [0.717, 1.165) is 5.69 Å². The molecule has 10 nitrogen and oxygen atoms in total. The number of terminal acetylenes is 1. The van der Waals surface area contributed by atoms with Crippen molar-refractivity contribution in [3.05, 3.63) is 70.7 Å². The van der Waals surface area contributed by atoms with E-state index in [0.29, 0.717) is 64.1 Å². The zero-order valence-electron chi connectivity index (χ0n) is 25.3. The molecule has 0 radical (unpaired) electrons. The molecule has 1 amide bonds. The van der Waals surface area contributed by atoms with Gasteiger partial charge in [0, 0.05) is 55.4 Å². The highest BCUT2D eigenvalue weighted by Crippen LogP contribution is 2.44. The van der Waals surface area contributed by atoms with Crippen LogP contribution in [0.3, 0.4) is 0 Å². The zero-order chi connectivity index (χ0) is 31.1. The first kappa shape index (κ1) is 29.6. The first-order chi connectivity index (χ1) is 20.4. The molecule has 4 N–H and O–H groups in total. The van der Waals surface area contributed by atoms with Crippen LogP contribution in [0, 0.1) is 42.0 Å². The first-order valence-corrected chi connectivity index (χ1v) is 14.1. The number of aryl methyl sites for hydroxylation is 1. The van der Waals surface area contributed by atoms with Gasteiger partial charge in [0.25, 0.3) is 0 Å². The van der Waals surface area contributed by atoms with Crippen LogP contribution in [0.25, 0.3) is 10.9 Å². The van der Waals surface area contributed by atoms with Gasteiger partial charge in [0.15, 0.2) is 0 Å². The summed E-state index contributed by atoms with van der Waals surface area (Å²) in [4.78, 5) is 23.2. The average Bonchev–Trinajstić information content (AvgIpc) is 3.62. The normalized spacial score (nSPS) is 16.0. The summed E-state index contributed by atoms with van der Waals surface area (Å²) in [6, 6.07) is 8.36. The van der Waals surface area contributed by atoms with Crippen molar-refractivity contribution in [1.82, 2.24) is 30.8 Å². The second kappa shape index (κ2) is 11.1. The lowest BCUT2D eigenvalue weighted by Crippen LogP contribution is -2.52. The van der Waals surface area contributed by atoms with Gasteiger partial charge in [0.05, 0.1) is 34.1 Å². The number of halogens is 1. The van der Waals surface area contributed by atoms with Crippen LogP contribution in [0.4, 0.5) is 15.8 Å². The Hall–Kier alpha value is -4.87. The average molecular weight is 582 g/mol. The predicted molar refractivity (Wildman–Crippen MR) is 164 cm³/mol. The first-order valence-electron chi connectivity index (χ1n) is 14.1. The molecule has 43 heavy (non-hydrogen) atoms. The smallest absolute Gasteiger partial charge is 0.249 e. The molecule has 2 aliphatic rings. The van der Waals surface area contributed by atoms with Crippen LogP contribution in [0.15, 0.2) is 42.4 Å². The fourth-order valence-corrected chi connectivity index (χ4v) is 5.26. The van der Waals surface area contributed by atoms with E-state index in [1.54, 1.807) is 49.3 Å². The number of rotatable bonds is 8. The number of amides is 1. The lowest BCUT2D eigenvalue weighted by molar-refractivity contribution is -0.136. The third-order valence-corrected chi connectivity index (χ3v) is 7.65. The van der Waals surface area contributed by atoms with E-state index in [-0.39, 0.29) is 11.3 Å². The topological polar surface area (TPSA) is 121 Å². The molecule has 5 rings (SSSR count). The number of fused-ring (bicyclic) bond motifs is 1. The predicted octanol–water partition coefficient (Wildman–Crippen LogP) is 4.33. The summed E-state index contributed by atoms with van der Waals surface area (Å²) in [5.74, 6) is 2.13. The Morgan fingerprint density at radius 3 is 2.63 bits per heavy atom. The summed E-state index contributed by atoms with van der Waals surface area (Å²) in [5, 5.41) is 19.6. The molecular formula is C32H36FN9O. The maximum Gasteiger partial charge on any atom is 0.249 e. The number of benzene rings is 1. The highest BCUT2D eigenvalue weighted by atomic mass is 19.1. The van der Waals surface area contributed by atoms with Crippen LogP contribution in [0.2, 0.25) is 0 Å². The number of hydrogen-bond acceptors (Lipinski definition) is 9. The number of hydrazine groups is 2. The third-order valence-electron chi connectivity index (χ3n) is 7.65. The van der Waals surface area contributed by atoms with Crippen LogP contribution in [0.5, 0.6) is 0 Å². The minimum atomic E-state index is -0.680. The number of nitrogens with one attached hydrogen (secondary N) is 4. The summed E-state index contributed by atoms with van der Waals surface area (Å²) in [6.07, 6.45) is 10.7. The number of aromatic nitrogens is 2. The van der Waals surface area contributed by atoms with Gasteiger partial charge >= 0.3 is 0 Å². The lowest BCUT2D eigenvalue weighted by atomic mass is 9.96. The van der Waals surface area contributed by atoms with E-state index in [1.807, 2.05) is 12.3 Å². The van der Waals surface area contributed by atoms with E-state index >= 15 is 0 Å². The summed E-state index contributed by atoms with van der Waals surface area (Å²) in [6.45, 7) is 8.75. The molecule has 0 spiro atoms. The van der Waals surface area contributed by atoms with Gasteiger partial charge in [-0.05, 0) is 43.4 Å². The minimum absolute atomic E-state index is 0.00346. The van der Waals surface area contributed by atoms with Gasteiger partial charge in [-0.25, -0.2) is 4.98 Å². The maximum atomic E-state index is 14.1. The van der Waals surface area contributed by atoms with E-state index in [1.165, 1.54) is 6.07 Å². The fourth-order valence-electron chi connectivity index (χ4n) is 5.26. The summed E-state index contributed by atoms with van der Waals surface area (Å²) in [7, 11) is 3.48. The SMILES string of the molecule is C#Cc1cnc2c(C#N)cc(N[C@H](C3=CN(C4(C(=O)N(C)C)CC4)NN3)c3ccc(F)nc3C)cc2c1NCC(C)(C)C. The fraction of sp³-hybridized carbons (Fsp3) is 0.375. The Labute approximate surface area is 251 Å². The van der Waals surface area contributed by atoms with Crippen molar-refractivity contribution < 1.29 is 9.18 Å². The quantitative estimate of drug-likeness (QED) is 0.228. The van der Waals surface area contributed by atoms with Crippen molar-refractivity contribution in [2.24, 2.45) is 5.41 Å². The number of likely N-dealkylation sites (N-methyl/N-ethyl adjacent to an activating group) is 1. The number of carbonyl (C=O) groups excluding carboxylic acids is 1. The molecule has 3 aromatic rings. The molecule has 1 fully saturated rings. The van der Waals surface area contributed by atoms with Crippen molar-refractivity contribution in [2.75, 3.05) is 31.3 Å². The molecule has 0 unspecified atom stereocenters. The van der Waals surface area contributed by atoms with Crippen molar-refractivity contribution >= 4 is 28.2 Å². The Kier molecular flexibility index (Phi) is 7.63. The van der Waals surface area contributed by atoms with Crippen molar-refractivity contribution in [3.63, 3.8) is 0 Å². The summed E-state index contributed by atoms with van der Waals surface area (Å²) < 4.78 is 14.1. The van der Waals surface area contributed by atoms with Gasteiger partial charge < -0.3 is 21.0 Å². The molecule has 3 heterocycles. The lowest BCUT2D eigenvalue weighted by Gasteiger charge is -2.28. The van der Waals surface area contributed by atoms with Crippen LogP contribution >= 0.6 is 0 Å². The second-order valence-electron chi connectivity index (χ2n) is 12.4. The zero-order valence-corrected chi connectivity index (χ0v) is 25.3. The minimum Gasteiger partial charge on any atom is -0.383 e. The largest absolute Gasteiger partial charge is 0.383 e. The number of carbonyl (C=O) groups is 1. The summed E-state index contributed by atoms with van der Waals surface area (Å²) >= 11 is 0. The Morgan fingerprint density at radius 1 is 1.28 bits per heavy atom. The standard InChI is InChI=1S/C32H36FN9O/c1-8-20-16-35-28-21(15-34)13-22(14-24(28)27(20)36-18-31(3,4)5)38-29(23-9-10-26(33)37-19(23)2)25-17-42(40-39-25)32(11-12-32)30(43)41(6)7/h1,9-10,13-14,16-17,29,38-40H,11-12,18H2,2-7H3,(H,35,36)/t29-/m0/s1. The van der Waals surface area contributed by atoms with Crippen LogP contribution in [-0.2, 0) is 4.79 Å². The highest BCUT2D eigenvalue weighted by molar-refractivity contribution is 5.99. The van der Waals surface area contributed by atoms with Gasteiger partial charge in [-0.2, -0.15) is 9.65 Å². The second-order valence-corrected chi connectivity index (χ2v) is 12.4. The third kappa shape index (κ3) is 5.77. The highest BCUT2D eigenvalue weighted by Gasteiger charge is 2.56. The van der Waals surface area contributed by atoms with E-state index < -0.39 is 17.5 Å². The molecule has 11 heteroatoms. The van der Waals surface area contributed by atoms with E-state index in [9.17, 15) is 14.4 Å². The van der Waals surface area contributed by atoms with Gasteiger partial charge in [0.1, 0.15) is 11.6 Å². The number of anilines is 2. The van der Waals surface area contributed by atoms with Gasteiger partial charge in [-0.15, -0.1) is 12.0 Å². The number of nitriles is 1. The van der Waals surface area contributed by atoms with Gasteiger partial charge in [0.2, 0.25) is 11.9 Å². The number of pyridine rings is 2. The van der Waals surface area contributed by atoms with Crippen LogP contribution in [-0.4, -0.2) is 52.0 Å². The molecule has 0 saturated heterocycles. The van der Waals surface area contributed by atoms with Crippen molar-refractivity contribution in [1.29, 1.82) is 5.26 Å². The van der Waals surface area contributed by atoms with Crippen LogP contribution < -0.4 is 21.6 Å². The number of nitrogens with zero attached hydrogens (tertiary/aromatic N) is 5. The Balaban J connectivity index is 1.60. The maximum absolute atomic E-state index is 14.1. The molecule has 1 aliphatic carbocycles. The molecule has 222 valence electrons. The molecule has 1 atom stereocenters. The van der Waals surface area contributed by atoms with Gasteiger partial charge in [-0.1, -0.05) is 32.8 Å². The molecule has 0 bridgehead atoms. The molecule has 1 aromatic carbocycles. The monoisotopic (exact) mass is 581 g/mol. The molecule has 1 saturated carbocycles. The van der Waals surface area contributed by atoms with E-state index in [2.05, 4.69) is 64.3 Å². The van der Waals surface area contributed by atoms with Gasteiger partial charge in [-0.3, -0.25) is 14.8 Å². The molecule has 1 aliphatic heterocycles. The Bertz CT molecular complexity index is 1710. The van der Waals surface area contributed by atoms with Crippen molar-refractivity contribution in [2.45, 2.75) is 52.1 Å². The molecule has 2 aromatic heterocycles. The molecular weight excluding hydrogens is 545 g/mol. The Morgan fingerprint density at radius 2 is 2.02 bits per heavy atom. The number of hydrogen-bond donors (Lipinski definition) is 4. The van der Waals surface area contributed by atoms with Crippen molar-refractivity contribution in [3.8, 4) is 18.4 Å².